The normalized spacial score (nSPS) is 17.9. The Bertz CT molecular complexity index is 793. The number of carbonyl (C=O) groups excluding carboxylic acids is 1. The van der Waals surface area contributed by atoms with Gasteiger partial charge in [0.25, 0.3) is 5.69 Å². The van der Waals surface area contributed by atoms with E-state index < -0.39 is 50.0 Å². The van der Waals surface area contributed by atoms with Gasteiger partial charge < -0.3 is 10.0 Å². The fraction of sp³-hybridized carbons (Fsp3) is 0.429. The molecule has 1 saturated heterocycles. The Morgan fingerprint density at radius 1 is 1.32 bits per heavy atom. The quantitative estimate of drug-likeness (QED) is 0.541. The van der Waals surface area contributed by atoms with Crippen LogP contribution in [-0.4, -0.2) is 54.4 Å². The third-order valence-electron chi connectivity index (χ3n) is 3.87. The Hall–Kier alpha value is -2.53. The Balaban J connectivity index is 2.13. The van der Waals surface area contributed by atoms with Crippen molar-refractivity contribution in [2.75, 3.05) is 13.1 Å². The van der Waals surface area contributed by atoms with Gasteiger partial charge in [-0.3, -0.25) is 14.9 Å². The van der Waals surface area contributed by atoms with Gasteiger partial charge >= 0.3 is 5.97 Å². The molecule has 1 amide bonds. The van der Waals surface area contributed by atoms with Crippen LogP contribution in [0.25, 0.3) is 0 Å². The molecule has 0 aliphatic carbocycles. The fourth-order valence-electron chi connectivity index (χ4n) is 2.66. The van der Waals surface area contributed by atoms with E-state index in [2.05, 4.69) is 0 Å². The van der Waals surface area contributed by atoms with Gasteiger partial charge in [0.05, 0.1) is 11.5 Å². The molecule has 0 saturated carbocycles. The predicted molar refractivity (Wildman–Crippen MR) is 85.3 cm³/mol. The molecular formula is C14H17N3O7S. The topological polar surface area (TPSA) is 147 Å². The second kappa shape index (κ2) is 7.57. The maximum Gasteiger partial charge on any atom is 0.326 e. The van der Waals surface area contributed by atoms with Gasteiger partial charge in [0.1, 0.15) is 6.04 Å². The van der Waals surface area contributed by atoms with Gasteiger partial charge in [0.2, 0.25) is 15.9 Å². The first kappa shape index (κ1) is 18.8. The first-order chi connectivity index (χ1) is 11.7. The number of carboxylic acids is 1. The molecule has 2 N–H and O–H groups in total. The summed E-state index contributed by atoms with van der Waals surface area (Å²) < 4.78 is 26.5. The molecule has 1 aliphatic rings. The van der Waals surface area contributed by atoms with Gasteiger partial charge in [-0.2, -0.15) is 0 Å². The molecule has 11 heteroatoms. The first-order valence-corrected chi connectivity index (χ1v) is 8.97. The number of aliphatic carboxylic acids is 1. The van der Waals surface area contributed by atoms with E-state index in [1.807, 2.05) is 4.72 Å². The van der Waals surface area contributed by atoms with E-state index in [0.29, 0.717) is 19.3 Å². The summed E-state index contributed by atoms with van der Waals surface area (Å²) >= 11 is 0. The number of likely N-dealkylation sites (tertiary alicyclic amines) is 1. The van der Waals surface area contributed by atoms with Crippen LogP contribution < -0.4 is 4.72 Å². The number of benzene rings is 1. The lowest BCUT2D eigenvalue weighted by molar-refractivity contribution is -0.387. The number of sulfonamides is 1. The lowest BCUT2D eigenvalue weighted by Crippen LogP contribution is -2.51. The maximum absolute atomic E-state index is 12.3. The number of amides is 1. The van der Waals surface area contributed by atoms with Crippen molar-refractivity contribution in [3.05, 3.63) is 34.4 Å². The third-order valence-corrected chi connectivity index (χ3v) is 5.32. The Morgan fingerprint density at radius 3 is 2.64 bits per heavy atom. The highest BCUT2D eigenvalue weighted by Crippen LogP contribution is 2.23. The molecule has 0 radical (unpaired) electrons. The van der Waals surface area contributed by atoms with Crippen molar-refractivity contribution in [3.8, 4) is 0 Å². The minimum absolute atomic E-state index is 0.225. The van der Waals surface area contributed by atoms with Gasteiger partial charge in [0.15, 0.2) is 4.90 Å². The zero-order valence-corrected chi connectivity index (χ0v) is 13.9. The molecule has 1 atom stereocenters. The molecule has 0 spiro atoms. The van der Waals surface area contributed by atoms with E-state index in [1.165, 1.54) is 12.1 Å². The van der Waals surface area contributed by atoms with Gasteiger partial charge in [-0.25, -0.2) is 17.9 Å². The highest BCUT2D eigenvalue weighted by Gasteiger charge is 2.33. The standard InChI is InChI=1S/C14H17N3O7S/c18-13(16-8-4-3-6-11(16)14(19)20)9-15-25(23,24)12-7-2-1-5-10(12)17(21)22/h1-2,5,7,11,15H,3-4,6,8-9H2,(H,19,20). The molecule has 136 valence electrons. The molecular weight excluding hydrogens is 354 g/mol. The predicted octanol–water partition coefficient (Wildman–Crippen LogP) is 0.339. The SMILES string of the molecule is O=C(O)C1CCCCN1C(=O)CNS(=O)(=O)c1ccccc1[N+](=O)[O-]. The lowest BCUT2D eigenvalue weighted by atomic mass is 10.0. The molecule has 1 heterocycles. The molecule has 0 bridgehead atoms. The highest BCUT2D eigenvalue weighted by molar-refractivity contribution is 7.89. The number of hydrogen-bond acceptors (Lipinski definition) is 6. The Kier molecular flexibility index (Phi) is 5.69. The Morgan fingerprint density at radius 2 is 2.00 bits per heavy atom. The summed E-state index contributed by atoms with van der Waals surface area (Å²) in [6.45, 7) is -0.443. The van der Waals surface area contributed by atoms with Crippen LogP contribution in [0.3, 0.4) is 0 Å². The summed E-state index contributed by atoms with van der Waals surface area (Å²) in [4.78, 5) is 34.1. The van der Waals surface area contributed by atoms with Crippen LogP contribution in [-0.2, 0) is 19.6 Å². The van der Waals surface area contributed by atoms with E-state index >= 15 is 0 Å². The smallest absolute Gasteiger partial charge is 0.326 e. The van der Waals surface area contributed by atoms with E-state index in [1.54, 1.807) is 0 Å². The zero-order chi connectivity index (χ0) is 18.6. The van der Waals surface area contributed by atoms with Crippen LogP contribution in [0.4, 0.5) is 5.69 Å². The van der Waals surface area contributed by atoms with Crippen molar-refractivity contribution in [1.82, 2.24) is 9.62 Å². The number of piperidine rings is 1. The van der Waals surface area contributed by atoms with E-state index in [9.17, 15) is 28.1 Å². The molecule has 1 aromatic rings. The van der Waals surface area contributed by atoms with Gasteiger partial charge in [-0.1, -0.05) is 12.1 Å². The maximum atomic E-state index is 12.3. The minimum Gasteiger partial charge on any atom is -0.480 e. The van der Waals surface area contributed by atoms with E-state index in [4.69, 9.17) is 5.11 Å². The van der Waals surface area contributed by atoms with Crippen molar-refractivity contribution in [2.24, 2.45) is 0 Å². The molecule has 1 aromatic carbocycles. The van der Waals surface area contributed by atoms with Gasteiger partial charge in [-0.05, 0) is 25.3 Å². The number of nitrogens with zero attached hydrogens (tertiary/aromatic N) is 2. The largest absolute Gasteiger partial charge is 0.480 e. The number of rotatable bonds is 6. The Labute approximate surface area is 143 Å². The van der Waals surface area contributed by atoms with E-state index in [0.717, 1.165) is 17.0 Å². The summed E-state index contributed by atoms with van der Waals surface area (Å²) in [7, 11) is -4.29. The number of hydrogen-bond donors (Lipinski definition) is 2. The molecule has 10 nitrogen and oxygen atoms in total. The van der Waals surface area contributed by atoms with Gasteiger partial charge in [0, 0.05) is 12.6 Å². The van der Waals surface area contributed by atoms with Crippen molar-refractivity contribution < 1.29 is 28.0 Å². The summed E-state index contributed by atoms with van der Waals surface area (Å²) in [5.41, 5.74) is -0.608. The summed E-state index contributed by atoms with van der Waals surface area (Å²) in [6.07, 6.45) is 1.60. The van der Waals surface area contributed by atoms with Crippen LogP contribution >= 0.6 is 0 Å². The van der Waals surface area contributed by atoms with Crippen molar-refractivity contribution in [1.29, 1.82) is 0 Å². The first-order valence-electron chi connectivity index (χ1n) is 7.49. The van der Waals surface area contributed by atoms with Crippen LogP contribution in [0, 0.1) is 10.1 Å². The summed E-state index contributed by atoms with van der Waals surface area (Å²) in [5, 5.41) is 20.1. The average Bonchev–Trinajstić information content (AvgIpc) is 2.59. The van der Waals surface area contributed by atoms with E-state index in [-0.39, 0.29) is 6.54 Å². The molecule has 1 unspecified atom stereocenters. The minimum atomic E-state index is -4.29. The van der Waals surface area contributed by atoms with Crippen molar-refractivity contribution in [3.63, 3.8) is 0 Å². The third kappa shape index (κ3) is 4.31. The van der Waals surface area contributed by atoms with Crippen LogP contribution in [0.1, 0.15) is 19.3 Å². The lowest BCUT2D eigenvalue weighted by Gasteiger charge is -2.32. The number of carbonyl (C=O) groups is 2. The number of carboxylic acid groups (broad SMARTS) is 1. The number of nitrogens with one attached hydrogen (secondary N) is 1. The average molecular weight is 371 g/mol. The van der Waals surface area contributed by atoms with Crippen molar-refractivity contribution >= 4 is 27.6 Å². The second-order valence-corrected chi connectivity index (χ2v) is 7.22. The second-order valence-electron chi connectivity index (χ2n) is 5.49. The number of nitro groups is 1. The van der Waals surface area contributed by atoms with Crippen LogP contribution in [0.15, 0.2) is 29.2 Å². The van der Waals surface area contributed by atoms with Crippen LogP contribution in [0.5, 0.6) is 0 Å². The monoisotopic (exact) mass is 371 g/mol. The van der Waals surface area contributed by atoms with Gasteiger partial charge in [-0.15, -0.1) is 0 Å². The fourth-order valence-corrected chi connectivity index (χ4v) is 3.80. The number of nitro benzene ring substituents is 1. The van der Waals surface area contributed by atoms with Crippen molar-refractivity contribution in [2.45, 2.75) is 30.2 Å². The molecule has 0 aromatic heterocycles. The summed E-state index contributed by atoms with van der Waals surface area (Å²) in [6, 6.07) is 3.77. The molecule has 2 rings (SSSR count). The molecule has 1 aliphatic heterocycles. The number of para-hydroxylation sites is 1. The zero-order valence-electron chi connectivity index (χ0n) is 13.1. The molecule has 1 fully saturated rings. The van der Waals surface area contributed by atoms with Crippen LogP contribution in [0.2, 0.25) is 0 Å². The summed E-state index contributed by atoms with van der Waals surface area (Å²) in [5.74, 6) is -1.83. The highest BCUT2D eigenvalue weighted by atomic mass is 32.2. The molecule has 25 heavy (non-hydrogen) atoms.